The van der Waals surface area contributed by atoms with Crippen molar-refractivity contribution in [1.82, 2.24) is 0 Å². The minimum Gasteiger partial charge on any atom is -0.453 e. The molecule has 0 saturated heterocycles. The van der Waals surface area contributed by atoms with Gasteiger partial charge in [-0.3, -0.25) is 0 Å². The number of hydrogen-bond acceptors (Lipinski definition) is 6. The van der Waals surface area contributed by atoms with E-state index in [1.807, 2.05) is 27.7 Å². The van der Waals surface area contributed by atoms with Crippen LogP contribution in [0.2, 0.25) is 0 Å². The number of carbonyl (C=O) groups excluding carboxylic acids is 2. The van der Waals surface area contributed by atoms with Crippen molar-refractivity contribution in [2.75, 3.05) is 0 Å². The fraction of sp³-hybridized carbons (Fsp3) is 0.909. The third-order valence-electron chi connectivity index (χ3n) is 5.70. The Hall–Kier alpha value is -1.51. The summed E-state index contributed by atoms with van der Waals surface area (Å²) in [4.78, 5) is 23.3. The Morgan fingerprint density at radius 2 is 1.39 bits per heavy atom. The van der Waals surface area contributed by atoms with Gasteiger partial charge in [0.2, 0.25) is 0 Å². The van der Waals surface area contributed by atoms with E-state index < -0.39 is 41.7 Å². The normalized spacial score (nSPS) is 19.0. The molecule has 9 heteroatoms. The predicted molar refractivity (Wildman–Crippen MR) is 111 cm³/mol. The van der Waals surface area contributed by atoms with Gasteiger partial charge < -0.3 is 18.9 Å². The Morgan fingerprint density at radius 1 is 0.839 bits per heavy atom. The number of ether oxygens (including phenoxy) is 4. The number of rotatable bonds is 12. The Kier molecular flexibility index (Phi) is 11.3. The van der Waals surface area contributed by atoms with Crippen LogP contribution in [0.1, 0.15) is 88.0 Å². The summed E-state index contributed by atoms with van der Waals surface area (Å²) in [7, 11) is 0. The molecule has 0 rings (SSSR count). The molecule has 0 aliphatic carbocycles. The second kappa shape index (κ2) is 11.9. The molecule has 0 aliphatic heterocycles. The topological polar surface area (TPSA) is 71.1 Å². The lowest BCUT2D eigenvalue weighted by atomic mass is 9.90. The van der Waals surface area contributed by atoms with Gasteiger partial charge in [-0.1, -0.05) is 27.7 Å². The van der Waals surface area contributed by atoms with E-state index in [0.29, 0.717) is 12.8 Å². The van der Waals surface area contributed by atoms with Gasteiger partial charge in [0.25, 0.3) is 0 Å². The highest BCUT2D eigenvalue weighted by atomic mass is 19.4. The van der Waals surface area contributed by atoms with Crippen LogP contribution < -0.4 is 0 Å². The van der Waals surface area contributed by atoms with Crippen LogP contribution in [0.3, 0.4) is 0 Å². The van der Waals surface area contributed by atoms with E-state index in [1.54, 1.807) is 27.7 Å². The molecule has 0 amide bonds. The Balaban J connectivity index is 4.68. The molecule has 0 bridgehead atoms. The molecule has 31 heavy (non-hydrogen) atoms. The van der Waals surface area contributed by atoms with Gasteiger partial charge in [-0.05, 0) is 53.4 Å². The second-order valence-corrected chi connectivity index (χ2v) is 8.99. The number of alkyl halides is 3. The minimum absolute atomic E-state index is 0.0934. The van der Waals surface area contributed by atoms with Crippen LogP contribution in [0.25, 0.3) is 0 Å². The maximum absolute atomic E-state index is 12.5. The molecule has 0 fully saturated rings. The van der Waals surface area contributed by atoms with E-state index in [2.05, 4.69) is 4.74 Å². The van der Waals surface area contributed by atoms with Gasteiger partial charge in [0.15, 0.2) is 0 Å². The van der Waals surface area contributed by atoms with Crippen molar-refractivity contribution in [2.45, 2.75) is 124 Å². The van der Waals surface area contributed by atoms with Crippen molar-refractivity contribution < 1.29 is 41.7 Å². The SMILES string of the molecule is CCC(C)(CC(C)O[C@@H](C)CC(C)OC(=O)OC(C)(CC)C(C)C)OC(=O)C(F)(F)F. The number of esters is 1. The highest BCUT2D eigenvalue weighted by molar-refractivity contribution is 5.76. The quantitative estimate of drug-likeness (QED) is 0.326. The van der Waals surface area contributed by atoms with Crippen LogP contribution in [0, 0.1) is 5.92 Å². The predicted octanol–water partition coefficient (Wildman–Crippen LogP) is 6.20. The fourth-order valence-corrected chi connectivity index (χ4v) is 3.14. The lowest BCUT2D eigenvalue weighted by Crippen LogP contribution is -2.40. The first-order valence-electron chi connectivity index (χ1n) is 10.8. The number of carbonyl (C=O) groups is 2. The molecular formula is C22H39F3O6. The maximum atomic E-state index is 12.5. The van der Waals surface area contributed by atoms with Crippen molar-refractivity contribution in [3.63, 3.8) is 0 Å². The van der Waals surface area contributed by atoms with E-state index >= 15 is 0 Å². The van der Waals surface area contributed by atoms with Crippen LogP contribution in [0.5, 0.6) is 0 Å². The second-order valence-electron chi connectivity index (χ2n) is 8.99. The third kappa shape index (κ3) is 10.6. The van der Waals surface area contributed by atoms with Crippen molar-refractivity contribution in [3.05, 3.63) is 0 Å². The van der Waals surface area contributed by atoms with E-state index in [1.165, 1.54) is 6.92 Å². The van der Waals surface area contributed by atoms with Crippen molar-refractivity contribution in [2.24, 2.45) is 5.92 Å². The summed E-state index contributed by atoms with van der Waals surface area (Å²) in [6.45, 7) is 16.0. The summed E-state index contributed by atoms with van der Waals surface area (Å²) >= 11 is 0. The first-order valence-corrected chi connectivity index (χ1v) is 10.8. The molecule has 0 N–H and O–H groups in total. The molecule has 5 atom stereocenters. The van der Waals surface area contributed by atoms with E-state index in [4.69, 9.17) is 14.2 Å². The first-order chi connectivity index (χ1) is 14.0. The highest BCUT2D eigenvalue weighted by Crippen LogP contribution is 2.29. The van der Waals surface area contributed by atoms with Crippen molar-refractivity contribution >= 4 is 12.1 Å². The van der Waals surface area contributed by atoms with Crippen LogP contribution in [-0.2, 0) is 23.7 Å². The molecule has 0 aliphatic rings. The van der Waals surface area contributed by atoms with E-state index in [9.17, 15) is 22.8 Å². The minimum atomic E-state index is -5.04. The van der Waals surface area contributed by atoms with Gasteiger partial charge in [-0.15, -0.1) is 0 Å². The fourth-order valence-electron chi connectivity index (χ4n) is 3.14. The van der Waals surface area contributed by atoms with Crippen LogP contribution in [0.4, 0.5) is 18.0 Å². The third-order valence-corrected chi connectivity index (χ3v) is 5.70. The Labute approximate surface area is 184 Å². The van der Waals surface area contributed by atoms with Gasteiger partial charge in [0, 0.05) is 12.8 Å². The van der Waals surface area contributed by atoms with Gasteiger partial charge in [0.05, 0.1) is 12.2 Å². The number of halogens is 3. The average molecular weight is 457 g/mol. The summed E-state index contributed by atoms with van der Waals surface area (Å²) < 4.78 is 58.9. The Bertz CT molecular complexity index is 580. The molecule has 184 valence electrons. The summed E-state index contributed by atoms with van der Waals surface area (Å²) in [5.74, 6) is -2.08. The zero-order valence-corrected chi connectivity index (χ0v) is 20.2. The van der Waals surface area contributed by atoms with Crippen LogP contribution in [-0.4, -0.2) is 47.8 Å². The largest absolute Gasteiger partial charge is 0.509 e. The zero-order valence-electron chi connectivity index (χ0n) is 20.2. The molecule has 0 saturated carbocycles. The molecule has 0 aromatic heterocycles. The van der Waals surface area contributed by atoms with Crippen molar-refractivity contribution in [1.29, 1.82) is 0 Å². The molecule has 0 aromatic rings. The van der Waals surface area contributed by atoms with Gasteiger partial charge in [-0.2, -0.15) is 13.2 Å². The Morgan fingerprint density at radius 3 is 1.81 bits per heavy atom. The van der Waals surface area contributed by atoms with Gasteiger partial charge in [-0.25, -0.2) is 9.59 Å². The summed E-state index contributed by atoms with van der Waals surface area (Å²) in [5, 5.41) is 0. The molecule has 6 nitrogen and oxygen atoms in total. The van der Waals surface area contributed by atoms with Crippen LogP contribution in [0.15, 0.2) is 0 Å². The summed E-state index contributed by atoms with van der Waals surface area (Å²) in [6, 6.07) is 0. The lowest BCUT2D eigenvalue weighted by molar-refractivity contribution is -0.215. The van der Waals surface area contributed by atoms with Crippen LogP contribution >= 0.6 is 0 Å². The van der Waals surface area contributed by atoms with E-state index in [0.717, 1.165) is 0 Å². The molecule has 0 aromatic carbocycles. The smallest absolute Gasteiger partial charge is 0.453 e. The van der Waals surface area contributed by atoms with E-state index in [-0.39, 0.29) is 24.9 Å². The molecular weight excluding hydrogens is 417 g/mol. The summed E-state index contributed by atoms with van der Waals surface area (Å²) in [6.07, 6.45) is -5.78. The van der Waals surface area contributed by atoms with Crippen molar-refractivity contribution in [3.8, 4) is 0 Å². The molecule has 0 heterocycles. The summed E-state index contributed by atoms with van der Waals surface area (Å²) in [5.41, 5.74) is -1.93. The molecule has 4 unspecified atom stereocenters. The highest BCUT2D eigenvalue weighted by Gasteiger charge is 2.45. The average Bonchev–Trinajstić information content (AvgIpc) is 2.59. The maximum Gasteiger partial charge on any atom is 0.509 e. The lowest BCUT2D eigenvalue weighted by Gasteiger charge is -2.33. The van der Waals surface area contributed by atoms with Gasteiger partial charge >= 0.3 is 18.3 Å². The zero-order chi connectivity index (χ0) is 24.6. The molecule has 0 spiro atoms. The monoisotopic (exact) mass is 456 g/mol. The standard InChI is InChI=1S/C22H39F3O6/c1-10-20(8,30-18(26)22(23,24)25)13-17(7)28-15(5)12-16(6)29-19(27)31-21(9,11-2)14(3)4/h14-17H,10-13H2,1-9H3/t15-,16?,17?,20?,21?/m0/s1. The number of hydrogen-bond donors (Lipinski definition) is 0. The van der Waals surface area contributed by atoms with Gasteiger partial charge in [0.1, 0.15) is 17.3 Å². The molecule has 0 radical (unpaired) electrons. The first kappa shape index (κ1) is 29.5.